The Morgan fingerprint density at radius 1 is 1.32 bits per heavy atom. The van der Waals surface area contributed by atoms with Crippen LogP contribution in [-0.2, 0) is 16.4 Å². The number of hydrogen-bond donors (Lipinski definition) is 1. The highest BCUT2D eigenvalue weighted by Gasteiger charge is 2.28. The van der Waals surface area contributed by atoms with Crippen LogP contribution in [0.3, 0.4) is 0 Å². The number of sulfone groups is 1. The first-order valence-electron chi connectivity index (χ1n) is 6.01. The zero-order valence-electron chi connectivity index (χ0n) is 11.4. The van der Waals surface area contributed by atoms with E-state index in [1.54, 1.807) is 26.8 Å². The molecule has 0 heterocycles. The molecule has 0 aliphatic rings. The van der Waals surface area contributed by atoms with Crippen molar-refractivity contribution >= 4 is 9.84 Å². The van der Waals surface area contributed by atoms with Crippen LogP contribution in [0.15, 0.2) is 18.2 Å². The SMILES string of the molecule is CC(C)(C)S(=O)(=O)CCOc1cccc(F)c1CN. The Labute approximate surface area is 113 Å². The van der Waals surface area contributed by atoms with Gasteiger partial charge in [0.2, 0.25) is 0 Å². The predicted molar refractivity (Wildman–Crippen MR) is 73.3 cm³/mol. The summed E-state index contributed by atoms with van der Waals surface area (Å²) in [5.74, 6) is -0.262. The van der Waals surface area contributed by atoms with Crippen molar-refractivity contribution < 1.29 is 17.5 Å². The van der Waals surface area contributed by atoms with Gasteiger partial charge in [0.1, 0.15) is 18.2 Å². The van der Waals surface area contributed by atoms with Crippen molar-refractivity contribution in [3.8, 4) is 5.75 Å². The molecule has 0 spiro atoms. The molecule has 1 aromatic rings. The van der Waals surface area contributed by atoms with Crippen LogP contribution in [0.4, 0.5) is 4.39 Å². The van der Waals surface area contributed by atoms with Crippen LogP contribution in [0.25, 0.3) is 0 Å². The molecule has 108 valence electrons. The maximum Gasteiger partial charge on any atom is 0.158 e. The van der Waals surface area contributed by atoms with Crippen LogP contribution in [0.5, 0.6) is 5.75 Å². The van der Waals surface area contributed by atoms with Crippen molar-refractivity contribution in [1.29, 1.82) is 0 Å². The third-order valence-electron chi connectivity index (χ3n) is 2.82. The summed E-state index contributed by atoms with van der Waals surface area (Å²) in [4.78, 5) is 0. The summed E-state index contributed by atoms with van der Waals surface area (Å²) in [6.45, 7) is 4.89. The molecule has 0 saturated carbocycles. The topological polar surface area (TPSA) is 69.4 Å². The average Bonchev–Trinajstić information content (AvgIpc) is 2.27. The highest BCUT2D eigenvalue weighted by atomic mass is 32.2. The Hall–Kier alpha value is -1.14. The summed E-state index contributed by atoms with van der Waals surface area (Å²) >= 11 is 0. The summed E-state index contributed by atoms with van der Waals surface area (Å²) in [5.41, 5.74) is 5.70. The van der Waals surface area contributed by atoms with Crippen LogP contribution < -0.4 is 10.5 Å². The van der Waals surface area contributed by atoms with E-state index in [0.717, 1.165) is 0 Å². The molecule has 2 N–H and O–H groups in total. The lowest BCUT2D eigenvalue weighted by Crippen LogP contribution is -2.32. The summed E-state index contributed by atoms with van der Waals surface area (Å²) in [6, 6.07) is 4.37. The molecule has 0 aliphatic carbocycles. The molecular formula is C13H20FNO3S. The molecule has 0 amide bonds. The van der Waals surface area contributed by atoms with Crippen molar-refractivity contribution in [3.05, 3.63) is 29.6 Å². The smallest absolute Gasteiger partial charge is 0.158 e. The Morgan fingerprint density at radius 3 is 2.47 bits per heavy atom. The molecule has 19 heavy (non-hydrogen) atoms. The van der Waals surface area contributed by atoms with Gasteiger partial charge in [-0.15, -0.1) is 0 Å². The fourth-order valence-electron chi connectivity index (χ4n) is 1.44. The van der Waals surface area contributed by atoms with Gasteiger partial charge in [0.05, 0.1) is 10.5 Å². The maximum atomic E-state index is 13.4. The first kappa shape index (κ1) is 15.9. The van der Waals surface area contributed by atoms with E-state index in [1.807, 2.05) is 0 Å². The van der Waals surface area contributed by atoms with Crippen LogP contribution in [0, 0.1) is 5.82 Å². The van der Waals surface area contributed by atoms with Gasteiger partial charge in [0.15, 0.2) is 9.84 Å². The number of ether oxygens (including phenoxy) is 1. The molecule has 1 aromatic carbocycles. The van der Waals surface area contributed by atoms with E-state index >= 15 is 0 Å². The lowest BCUT2D eigenvalue weighted by atomic mass is 10.2. The van der Waals surface area contributed by atoms with Gasteiger partial charge in [-0.2, -0.15) is 0 Å². The number of benzene rings is 1. The van der Waals surface area contributed by atoms with Gasteiger partial charge >= 0.3 is 0 Å². The summed E-state index contributed by atoms with van der Waals surface area (Å²) in [7, 11) is -3.25. The van der Waals surface area contributed by atoms with E-state index < -0.39 is 20.4 Å². The Morgan fingerprint density at radius 2 is 1.95 bits per heavy atom. The van der Waals surface area contributed by atoms with Gasteiger partial charge in [-0.3, -0.25) is 0 Å². The van der Waals surface area contributed by atoms with E-state index in [0.29, 0.717) is 5.75 Å². The molecule has 0 aromatic heterocycles. The van der Waals surface area contributed by atoms with Crippen LogP contribution in [0.2, 0.25) is 0 Å². The highest BCUT2D eigenvalue weighted by molar-refractivity contribution is 7.92. The first-order valence-corrected chi connectivity index (χ1v) is 7.67. The van der Waals surface area contributed by atoms with Crippen LogP contribution in [0.1, 0.15) is 26.3 Å². The number of halogens is 1. The molecule has 0 aliphatic heterocycles. The minimum absolute atomic E-state index is 0.00796. The van der Waals surface area contributed by atoms with Crippen molar-refractivity contribution in [3.63, 3.8) is 0 Å². The maximum absolute atomic E-state index is 13.4. The van der Waals surface area contributed by atoms with E-state index in [2.05, 4.69) is 0 Å². The van der Waals surface area contributed by atoms with Crippen molar-refractivity contribution in [2.45, 2.75) is 32.1 Å². The lowest BCUT2D eigenvalue weighted by Gasteiger charge is -2.19. The zero-order chi connectivity index (χ0) is 14.7. The zero-order valence-corrected chi connectivity index (χ0v) is 12.3. The molecule has 6 heteroatoms. The Bertz CT molecular complexity index is 535. The monoisotopic (exact) mass is 289 g/mol. The number of nitrogens with two attached hydrogens (primary N) is 1. The molecule has 0 bridgehead atoms. The molecule has 0 unspecified atom stereocenters. The molecular weight excluding hydrogens is 269 g/mol. The lowest BCUT2D eigenvalue weighted by molar-refractivity contribution is 0.333. The highest BCUT2D eigenvalue weighted by Crippen LogP contribution is 2.21. The van der Waals surface area contributed by atoms with Gasteiger partial charge in [-0.1, -0.05) is 6.07 Å². The van der Waals surface area contributed by atoms with Crippen molar-refractivity contribution in [2.24, 2.45) is 5.73 Å². The second-order valence-electron chi connectivity index (χ2n) is 5.20. The number of hydrogen-bond acceptors (Lipinski definition) is 4. The largest absolute Gasteiger partial charge is 0.492 e. The van der Waals surface area contributed by atoms with Gasteiger partial charge in [0.25, 0.3) is 0 Å². The second kappa shape index (κ2) is 5.88. The predicted octanol–water partition coefficient (Wildman–Crippen LogP) is 1.88. The number of rotatable bonds is 5. The van der Waals surface area contributed by atoms with Crippen LogP contribution >= 0.6 is 0 Å². The van der Waals surface area contributed by atoms with E-state index in [1.165, 1.54) is 12.1 Å². The van der Waals surface area contributed by atoms with Crippen molar-refractivity contribution in [1.82, 2.24) is 0 Å². The normalized spacial score (nSPS) is 12.5. The van der Waals surface area contributed by atoms with Gasteiger partial charge in [-0.25, -0.2) is 12.8 Å². The summed E-state index contributed by atoms with van der Waals surface area (Å²) in [6.07, 6.45) is 0. The van der Waals surface area contributed by atoms with Gasteiger partial charge < -0.3 is 10.5 Å². The minimum Gasteiger partial charge on any atom is -0.492 e. The Balaban J connectivity index is 2.72. The molecule has 0 atom stereocenters. The second-order valence-corrected chi connectivity index (χ2v) is 8.06. The third kappa shape index (κ3) is 3.91. The first-order chi connectivity index (χ1) is 8.69. The van der Waals surface area contributed by atoms with Gasteiger partial charge in [-0.05, 0) is 32.9 Å². The summed E-state index contributed by atoms with van der Waals surface area (Å²) < 4.78 is 41.7. The van der Waals surface area contributed by atoms with E-state index in [9.17, 15) is 12.8 Å². The van der Waals surface area contributed by atoms with Crippen LogP contribution in [-0.4, -0.2) is 25.5 Å². The minimum atomic E-state index is -3.25. The van der Waals surface area contributed by atoms with E-state index in [4.69, 9.17) is 10.5 Å². The fraction of sp³-hybridized carbons (Fsp3) is 0.538. The molecule has 4 nitrogen and oxygen atoms in total. The quantitative estimate of drug-likeness (QED) is 0.898. The molecule has 0 radical (unpaired) electrons. The van der Waals surface area contributed by atoms with E-state index in [-0.39, 0.29) is 24.5 Å². The molecule has 1 rings (SSSR count). The average molecular weight is 289 g/mol. The van der Waals surface area contributed by atoms with Crippen molar-refractivity contribution in [2.75, 3.05) is 12.4 Å². The Kier molecular flexibility index (Phi) is 4.92. The third-order valence-corrected chi connectivity index (χ3v) is 5.39. The molecule has 0 fully saturated rings. The molecule has 0 saturated heterocycles. The van der Waals surface area contributed by atoms with Gasteiger partial charge in [0, 0.05) is 12.1 Å². The fourth-order valence-corrected chi connectivity index (χ4v) is 2.35. The standard InChI is InChI=1S/C13H20FNO3S/c1-13(2,3)19(16,17)8-7-18-12-6-4-5-11(14)10(12)9-15/h4-6H,7-9,15H2,1-3H3. The summed E-state index contributed by atoms with van der Waals surface area (Å²) in [5, 5.41) is 0.